The van der Waals surface area contributed by atoms with Crippen LogP contribution < -0.4 is 10.6 Å². The zero-order valence-electron chi connectivity index (χ0n) is 9.71. The molecule has 0 fully saturated rings. The maximum Gasteiger partial charge on any atom is 0.316 e. The Balaban J connectivity index is 2.23. The molecule has 0 aliphatic rings. The fraction of sp³-hybridized carbons (Fsp3) is 0.400. The highest BCUT2D eigenvalue weighted by Gasteiger charge is 2.07. The number of amides is 3. The lowest BCUT2D eigenvalue weighted by atomic mass is 10.4. The van der Waals surface area contributed by atoms with Gasteiger partial charge in [-0.3, -0.25) is 4.79 Å². The standard InChI is InChI=1S/C10H15BrN4O2/c1-15(2)10(17)13-4-3-12-9(16)8-5-7(11)6-14-8/h5-6,14H,3-4H2,1-2H3,(H,12,16)(H,13,17). The van der Waals surface area contributed by atoms with Gasteiger partial charge in [-0.15, -0.1) is 0 Å². The van der Waals surface area contributed by atoms with Gasteiger partial charge in [0.2, 0.25) is 0 Å². The second kappa shape index (κ2) is 6.29. The number of rotatable bonds is 4. The van der Waals surface area contributed by atoms with E-state index in [1.807, 2.05) is 0 Å². The topological polar surface area (TPSA) is 77.2 Å². The molecule has 0 radical (unpaired) electrons. The fourth-order valence-electron chi connectivity index (χ4n) is 1.10. The predicted molar refractivity (Wildman–Crippen MR) is 67.9 cm³/mol. The second-order valence-corrected chi connectivity index (χ2v) is 4.53. The Labute approximate surface area is 108 Å². The van der Waals surface area contributed by atoms with E-state index in [0.29, 0.717) is 18.8 Å². The highest BCUT2D eigenvalue weighted by molar-refractivity contribution is 9.10. The summed E-state index contributed by atoms with van der Waals surface area (Å²) in [6.45, 7) is 0.777. The molecule has 0 unspecified atom stereocenters. The molecule has 1 heterocycles. The van der Waals surface area contributed by atoms with Crippen LogP contribution in [0.3, 0.4) is 0 Å². The van der Waals surface area contributed by atoms with Gasteiger partial charge in [0.1, 0.15) is 5.69 Å². The molecule has 3 N–H and O–H groups in total. The van der Waals surface area contributed by atoms with E-state index in [9.17, 15) is 9.59 Å². The van der Waals surface area contributed by atoms with Crippen LogP contribution in [0.15, 0.2) is 16.7 Å². The largest absolute Gasteiger partial charge is 0.356 e. The van der Waals surface area contributed by atoms with E-state index in [1.165, 1.54) is 4.90 Å². The van der Waals surface area contributed by atoms with Gasteiger partial charge >= 0.3 is 6.03 Å². The first-order valence-electron chi connectivity index (χ1n) is 5.08. The fourth-order valence-corrected chi connectivity index (χ4v) is 1.44. The predicted octanol–water partition coefficient (Wildman–Crippen LogP) is 0.778. The van der Waals surface area contributed by atoms with Gasteiger partial charge in [-0.1, -0.05) is 0 Å². The van der Waals surface area contributed by atoms with Crippen LogP contribution in [0.4, 0.5) is 4.79 Å². The Morgan fingerprint density at radius 3 is 2.53 bits per heavy atom. The van der Waals surface area contributed by atoms with Crippen LogP contribution in [0.5, 0.6) is 0 Å². The van der Waals surface area contributed by atoms with Crippen LogP contribution in [0.1, 0.15) is 10.5 Å². The van der Waals surface area contributed by atoms with Crippen LogP contribution in [-0.2, 0) is 0 Å². The summed E-state index contributed by atoms with van der Waals surface area (Å²) in [6.07, 6.45) is 1.68. The van der Waals surface area contributed by atoms with Gasteiger partial charge in [0.25, 0.3) is 5.91 Å². The average molecular weight is 303 g/mol. The molecule has 0 aromatic carbocycles. The van der Waals surface area contributed by atoms with Crippen LogP contribution in [0.2, 0.25) is 0 Å². The molecule has 94 valence electrons. The molecule has 0 saturated heterocycles. The van der Waals surface area contributed by atoms with Gasteiger partial charge in [-0.25, -0.2) is 4.79 Å². The molecular weight excluding hydrogens is 288 g/mol. The Bertz CT molecular complexity index is 403. The van der Waals surface area contributed by atoms with Gasteiger partial charge in [0, 0.05) is 37.9 Å². The molecular formula is C10H15BrN4O2. The number of aromatic nitrogens is 1. The summed E-state index contributed by atoms with van der Waals surface area (Å²) in [6, 6.07) is 1.51. The Kier molecular flexibility index (Phi) is 5.02. The number of carbonyl (C=O) groups excluding carboxylic acids is 2. The molecule has 1 rings (SSSR count). The van der Waals surface area contributed by atoms with Crippen molar-refractivity contribution in [2.45, 2.75) is 0 Å². The molecule has 3 amide bonds. The van der Waals surface area contributed by atoms with Crippen molar-refractivity contribution in [2.24, 2.45) is 0 Å². The van der Waals surface area contributed by atoms with Crippen molar-refractivity contribution < 1.29 is 9.59 Å². The molecule has 7 heteroatoms. The van der Waals surface area contributed by atoms with Crippen molar-refractivity contribution >= 4 is 27.9 Å². The highest BCUT2D eigenvalue weighted by Crippen LogP contribution is 2.09. The van der Waals surface area contributed by atoms with Crippen LogP contribution in [-0.4, -0.2) is 49.0 Å². The van der Waals surface area contributed by atoms with Crippen molar-refractivity contribution in [2.75, 3.05) is 27.2 Å². The first-order chi connectivity index (χ1) is 8.00. The van der Waals surface area contributed by atoms with Gasteiger partial charge in [-0.2, -0.15) is 0 Å². The normalized spacial score (nSPS) is 9.82. The van der Waals surface area contributed by atoms with Crippen molar-refractivity contribution in [3.8, 4) is 0 Å². The monoisotopic (exact) mass is 302 g/mol. The van der Waals surface area contributed by atoms with E-state index in [2.05, 4.69) is 31.5 Å². The lowest BCUT2D eigenvalue weighted by molar-refractivity contribution is 0.0949. The van der Waals surface area contributed by atoms with E-state index in [1.54, 1.807) is 26.4 Å². The first-order valence-corrected chi connectivity index (χ1v) is 5.87. The number of nitrogens with zero attached hydrogens (tertiary/aromatic N) is 1. The van der Waals surface area contributed by atoms with Crippen molar-refractivity contribution in [3.63, 3.8) is 0 Å². The number of hydrogen-bond acceptors (Lipinski definition) is 2. The molecule has 17 heavy (non-hydrogen) atoms. The van der Waals surface area contributed by atoms with E-state index in [-0.39, 0.29) is 11.9 Å². The lowest BCUT2D eigenvalue weighted by Gasteiger charge is -2.11. The molecule has 0 aliphatic heterocycles. The third-order valence-corrected chi connectivity index (χ3v) is 2.44. The summed E-state index contributed by atoms with van der Waals surface area (Å²) in [5.74, 6) is -0.199. The van der Waals surface area contributed by atoms with E-state index in [0.717, 1.165) is 4.47 Å². The molecule has 0 atom stereocenters. The van der Waals surface area contributed by atoms with E-state index >= 15 is 0 Å². The molecule has 6 nitrogen and oxygen atoms in total. The highest BCUT2D eigenvalue weighted by atomic mass is 79.9. The number of H-pyrrole nitrogens is 1. The molecule has 0 aliphatic carbocycles. The van der Waals surface area contributed by atoms with Crippen LogP contribution in [0.25, 0.3) is 0 Å². The van der Waals surface area contributed by atoms with Crippen LogP contribution >= 0.6 is 15.9 Å². The Hall–Kier alpha value is -1.50. The molecule has 0 saturated carbocycles. The summed E-state index contributed by atoms with van der Waals surface area (Å²) in [7, 11) is 3.31. The number of nitrogens with one attached hydrogen (secondary N) is 3. The smallest absolute Gasteiger partial charge is 0.316 e. The minimum absolute atomic E-state index is 0.179. The summed E-state index contributed by atoms with van der Waals surface area (Å²) in [5.41, 5.74) is 0.482. The Morgan fingerprint density at radius 1 is 1.35 bits per heavy atom. The molecule has 1 aromatic heterocycles. The third kappa shape index (κ3) is 4.48. The zero-order valence-corrected chi connectivity index (χ0v) is 11.3. The van der Waals surface area contributed by atoms with Crippen LogP contribution in [0, 0.1) is 0 Å². The zero-order chi connectivity index (χ0) is 12.8. The molecule has 0 bridgehead atoms. The van der Waals surface area contributed by atoms with Crippen molar-refractivity contribution in [3.05, 3.63) is 22.4 Å². The summed E-state index contributed by atoms with van der Waals surface area (Å²) in [4.78, 5) is 27.0. The lowest BCUT2D eigenvalue weighted by Crippen LogP contribution is -2.39. The maximum atomic E-state index is 11.6. The SMILES string of the molecule is CN(C)C(=O)NCCNC(=O)c1cc(Br)c[nH]1. The van der Waals surface area contributed by atoms with Crippen molar-refractivity contribution in [1.82, 2.24) is 20.5 Å². The second-order valence-electron chi connectivity index (χ2n) is 3.61. The number of urea groups is 1. The Morgan fingerprint density at radius 2 is 2.00 bits per heavy atom. The first kappa shape index (κ1) is 13.6. The summed E-state index contributed by atoms with van der Waals surface area (Å²) in [5, 5.41) is 5.33. The molecule has 1 aromatic rings. The van der Waals surface area contributed by atoms with E-state index in [4.69, 9.17) is 0 Å². The number of halogens is 1. The summed E-state index contributed by atoms with van der Waals surface area (Å²) < 4.78 is 0.823. The number of hydrogen-bond donors (Lipinski definition) is 3. The summed E-state index contributed by atoms with van der Waals surface area (Å²) >= 11 is 3.24. The maximum absolute atomic E-state index is 11.6. The quantitative estimate of drug-likeness (QED) is 0.719. The number of carbonyl (C=O) groups is 2. The minimum Gasteiger partial charge on any atom is -0.356 e. The van der Waals surface area contributed by atoms with Gasteiger partial charge < -0.3 is 20.5 Å². The van der Waals surface area contributed by atoms with Crippen molar-refractivity contribution in [1.29, 1.82) is 0 Å². The molecule has 0 spiro atoms. The van der Waals surface area contributed by atoms with Gasteiger partial charge in [0.15, 0.2) is 0 Å². The minimum atomic E-state index is -0.199. The third-order valence-electron chi connectivity index (χ3n) is 1.99. The van der Waals surface area contributed by atoms with Gasteiger partial charge in [0.05, 0.1) is 0 Å². The average Bonchev–Trinajstić information content (AvgIpc) is 2.70. The number of aromatic amines is 1. The van der Waals surface area contributed by atoms with Gasteiger partial charge in [-0.05, 0) is 22.0 Å². The van der Waals surface area contributed by atoms with E-state index < -0.39 is 0 Å².